The van der Waals surface area contributed by atoms with Gasteiger partial charge in [-0.1, -0.05) is 26.7 Å². The molecule has 0 radical (unpaired) electrons. The summed E-state index contributed by atoms with van der Waals surface area (Å²) in [7, 11) is 0. The SMILES string of the molecule is CCC(CC)Cn1cnc(C#N)n1. The summed E-state index contributed by atoms with van der Waals surface area (Å²) in [5.41, 5.74) is 0. The highest BCUT2D eigenvalue weighted by molar-refractivity contribution is 5.05. The Balaban J connectivity index is 2.58. The van der Waals surface area contributed by atoms with Crippen molar-refractivity contribution in [1.82, 2.24) is 14.8 Å². The van der Waals surface area contributed by atoms with Crippen molar-refractivity contribution in [3.63, 3.8) is 0 Å². The van der Waals surface area contributed by atoms with Crippen LogP contribution in [0.15, 0.2) is 6.33 Å². The van der Waals surface area contributed by atoms with E-state index >= 15 is 0 Å². The third-order valence-corrected chi connectivity index (χ3v) is 2.24. The molecule has 13 heavy (non-hydrogen) atoms. The lowest BCUT2D eigenvalue weighted by Crippen LogP contribution is -2.09. The van der Waals surface area contributed by atoms with E-state index in [0.717, 1.165) is 19.4 Å². The van der Waals surface area contributed by atoms with E-state index in [9.17, 15) is 0 Å². The van der Waals surface area contributed by atoms with Crippen molar-refractivity contribution in [3.8, 4) is 6.07 Å². The van der Waals surface area contributed by atoms with Crippen molar-refractivity contribution in [2.75, 3.05) is 0 Å². The number of rotatable bonds is 4. The minimum absolute atomic E-state index is 0.256. The van der Waals surface area contributed by atoms with Crippen LogP contribution in [0, 0.1) is 17.2 Å². The Bertz CT molecular complexity index is 293. The highest BCUT2D eigenvalue weighted by Gasteiger charge is 2.06. The second-order valence-corrected chi connectivity index (χ2v) is 3.08. The molecule has 0 atom stereocenters. The van der Waals surface area contributed by atoms with Crippen LogP contribution in [0.1, 0.15) is 32.5 Å². The van der Waals surface area contributed by atoms with Crippen molar-refractivity contribution in [1.29, 1.82) is 5.26 Å². The van der Waals surface area contributed by atoms with Crippen LogP contribution < -0.4 is 0 Å². The van der Waals surface area contributed by atoms with Crippen molar-refractivity contribution >= 4 is 0 Å². The van der Waals surface area contributed by atoms with Crippen LogP contribution in [0.4, 0.5) is 0 Å². The number of hydrogen-bond donors (Lipinski definition) is 0. The molecule has 0 saturated heterocycles. The van der Waals surface area contributed by atoms with Gasteiger partial charge >= 0.3 is 0 Å². The van der Waals surface area contributed by atoms with Gasteiger partial charge in [-0.2, -0.15) is 5.26 Å². The Morgan fingerprint density at radius 1 is 1.54 bits per heavy atom. The number of aromatic nitrogens is 3. The van der Waals surface area contributed by atoms with Crippen molar-refractivity contribution < 1.29 is 0 Å². The molecule has 0 aliphatic carbocycles. The summed E-state index contributed by atoms with van der Waals surface area (Å²) in [6, 6.07) is 1.91. The van der Waals surface area contributed by atoms with E-state index in [4.69, 9.17) is 5.26 Å². The molecule has 4 heteroatoms. The highest BCUT2D eigenvalue weighted by atomic mass is 15.3. The molecule has 0 amide bonds. The highest BCUT2D eigenvalue weighted by Crippen LogP contribution is 2.09. The molecule has 0 fully saturated rings. The molecule has 0 saturated carbocycles. The maximum absolute atomic E-state index is 8.51. The van der Waals surface area contributed by atoms with Gasteiger partial charge in [0, 0.05) is 6.54 Å². The first kappa shape index (κ1) is 9.72. The standard InChI is InChI=1S/C9H14N4/c1-3-8(4-2)6-13-7-11-9(5-10)12-13/h7-8H,3-4,6H2,1-2H3. The van der Waals surface area contributed by atoms with Crippen LogP contribution in [-0.2, 0) is 6.54 Å². The molecule has 0 spiro atoms. The van der Waals surface area contributed by atoms with Crippen LogP contribution in [0.5, 0.6) is 0 Å². The van der Waals surface area contributed by atoms with Crippen molar-refractivity contribution in [2.24, 2.45) is 5.92 Å². The summed E-state index contributed by atoms with van der Waals surface area (Å²) in [4.78, 5) is 3.85. The first-order valence-electron chi connectivity index (χ1n) is 4.59. The maximum Gasteiger partial charge on any atom is 0.252 e. The summed E-state index contributed by atoms with van der Waals surface area (Å²) in [5.74, 6) is 0.888. The Morgan fingerprint density at radius 2 is 2.23 bits per heavy atom. The van der Waals surface area contributed by atoms with Gasteiger partial charge in [0.15, 0.2) is 0 Å². The fourth-order valence-electron chi connectivity index (χ4n) is 1.25. The fourth-order valence-corrected chi connectivity index (χ4v) is 1.25. The maximum atomic E-state index is 8.51. The van der Waals surface area contributed by atoms with Crippen molar-refractivity contribution in [2.45, 2.75) is 33.2 Å². The van der Waals surface area contributed by atoms with Gasteiger partial charge in [0.05, 0.1) is 0 Å². The molecule has 4 nitrogen and oxygen atoms in total. The van der Waals surface area contributed by atoms with Gasteiger partial charge in [0.1, 0.15) is 12.4 Å². The molecule has 0 aromatic carbocycles. The van der Waals surface area contributed by atoms with Gasteiger partial charge in [0.2, 0.25) is 0 Å². The van der Waals surface area contributed by atoms with Gasteiger partial charge < -0.3 is 0 Å². The van der Waals surface area contributed by atoms with E-state index in [2.05, 4.69) is 23.9 Å². The van der Waals surface area contributed by atoms with Crippen LogP contribution >= 0.6 is 0 Å². The van der Waals surface area contributed by atoms with Crippen LogP contribution in [0.2, 0.25) is 0 Å². The predicted octanol–water partition coefficient (Wildman–Crippen LogP) is 1.59. The lowest BCUT2D eigenvalue weighted by atomic mass is 10.0. The molecular formula is C9H14N4. The van der Waals surface area contributed by atoms with Gasteiger partial charge in [-0.3, -0.25) is 4.68 Å². The Hall–Kier alpha value is -1.37. The zero-order chi connectivity index (χ0) is 9.68. The minimum Gasteiger partial charge on any atom is -0.251 e. The minimum atomic E-state index is 0.256. The lowest BCUT2D eigenvalue weighted by Gasteiger charge is -2.10. The van der Waals surface area contributed by atoms with E-state index < -0.39 is 0 Å². The lowest BCUT2D eigenvalue weighted by molar-refractivity contribution is 0.395. The molecule has 1 rings (SSSR count). The Labute approximate surface area is 78.2 Å². The third-order valence-electron chi connectivity index (χ3n) is 2.24. The largest absolute Gasteiger partial charge is 0.252 e. The fraction of sp³-hybridized carbons (Fsp3) is 0.667. The first-order chi connectivity index (χ1) is 6.30. The zero-order valence-electron chi connectivity index (χ0n) is 8.06. The predicted molar refractivity (Wildman–Crippen MR) is 48.8 cm³/mol. The molecule has 0 unspecified atom stereocenters. The van der Waals surface area contributed by atoms with Gasteiger partial charge in [-0.05, 0) is 5.92 Å². The Morgan fingerprint density at radius 3 is 2.69 bits per heavy atom. The molecule has 0 N–H and O–H groups in total. The van der Waals surface area contributed by atoms with E-state index in [1.165, 1.54) is 0 Å². The van der Waals surface area contributed by atoms with Gasteiger partial charge in [-0.25, -0.2) is 4.98 Å². The monoisotopic (exact) mass is 178 g/mol. The molecule has 0 aliphatic heterocycles. The van der Waals surface area contributed by atoms with E-state index in [1.807, 2.05) is 6.07 Å². The summed E-state index contributed by atoms with van der Waals surface area (Å²) in [6.45, 7) is 5.19. The molecule has 1 aromatic heterocycles. The topological polar surface area (TPSA) is 54.5 Å². The van der Waals surface area contributed by atoms with E-state index in [0.29, 0.717) is 5.92 Å². The van der Waals surface area contributed by atoms with Crippen molar-refractivity contribution in [3.05, 3.63) is 12.2 Å². The number of nitriles is 1. The smallest absolute Gasteiger partial charge is 0.251 e. The summed E-state index contributed by atoms with van der Waals surface area (Å²) in [6.07, 6.45) is 3.90. The summed E-state index contributed by atoms with van der Waals surface area (Å²) < 4.78 is 1.75. The second kappa shape index (κ2) is 4.61. The Kier molecular flexibility index (Phi) is 3.44. The van der Waals surface area contributed by atoms with Crippen LogP contribution in [-0.4, -0.2) is 14.8 Å². The average molecular weight is 178 g/mol. The molecular weight excluding hydrogens is 164 g/mol. The molecule has 0 bridgehead atoms. The third kappa shape index (κ3) is 2.55. The van der Waals surface area contributed by atoms with Crippen LogP contribution in [0.3, 0.4) is 0 Å². The molecule has 1 aromatic rings. The molecule has 0 aliphatic rings. The van der Waals surface area contributed by atoms with E-state index in [1.54, 1.807) is 11.0 Å². The van der Waals surface area contributed by atoms with Gasteiger partial charge in [0.25, 0.3) is 5.82 Å². The first-order valence-corrected chi connectivity index (χ1v) is 4.59. The summed E-state index contributed by atoms with van der Waals surface area (Å²) >= 11 is 0. The summed E-state index contributed by atoms with van der Waals surface area (Å²) in [5, 5.41) is 12.5. The van der Waals surface area contributed by atoms with Gasteiger partial charge in [-0.15, -0.1) is 5.10 Å². The normalized spacial score (nSPS) is 10.3. The quantitative estimate of drug-likeness (QED) is 0.703. The average Bonchev–Trinajstić information content (AvgIpc) is 2.61. The zero-order valence-corrected chi connectivity index (χ0v) is 8.06. The van der Waals surface area contributed by atoms with E-state index in [-0.39, 0.29) is 5.82 Å². The number of hydrogen-bond acceptors (Lipinski definition) is 3. The molecule has 70 valence electrons. The molecule has 1 heterocycles. The number of nitrogens with zero attached hydrogens (tertiary/aromatic N) is 4. The second-order valence-electron chi connectivity index (χ2n) is 3.08. The van der Waals surface area contributed by atoms with Crippen LogP contribution in [0.25, 0.3) is 0 Å².